The van der Waals surface area contributed by atoms with Crippen molar-refractivity contribution < 1.29 is 22.1 Å². The summed E-state index contributed by atoms with van der Waals surface area (Å²) in [7, 11) is -3.44. The molecule has 0 saturated heterocycles. The lowest BCUT2D eigenvalue weighted by Gasteiger charge is -2.24. The number of unbranched alkanes of at least 4 members (excludes halogenated alkanes) is 2. The van der Waals surface area contributed by atoms with E-state index in [1.165, 1.54) is 0 Å². The van der Waals surface area contributed by atoms with Crippen LogP contribution in [0.3, 0.4) is 0 Å². The van der Waals surface area contributed by atoms with Crippen LogP contribution in [0.25, 0.3) is 11.1 Å². The fourth-order valence-corrected chi connectivity index (χ4v) is 4.73. The number of nitrogens with one attached hydrogen (secondary N) is 1. The van der Waals surface area contributed by atoms with Crippen LogP contribution in [0, 0.1) is 0 Å². The molecule has 0 fully saturated rings. The number of sulfonamides is 1. The number of halogens is 1. The van der Waals surface area contributed by atoms with Gasteiger partial charge in [-0.3, -0.25) is 9.52 Å². The largest absolute Gasteiger partial charge is 0.339 e. The van der Waals surface area contributed by atoms with Crippen molar-refractivity contribution >= 4 is 27.3 Å². The maximum Gasteiger partial charge on any atom is 0.235 e. The molecule has 222 valence electrons. The average molecular weight is 585 g/mol. The van der Waals surface area contributed by atoms with E-state index < -0.39 is 21.1 Å². The Hall–Kier alpha value is -3.53. The lowest BCUT2D eigenvalue weighted by atomic mass is 9.97. The zero-order valence-corrected chi connectivity index (χ0v) is 25.4. The Bertz CT molecular complexity index is 1430. The first-order chi connectivity index (χ1) is 19.3. The predicted molar refractivity (Wildman–Crippen MR) is 162 cm³/mol. The van der Waals surface area contributed by atoms with Crippen LogP contribution < -0.4 is 9.62 Å². The number of allylic oxidation sites excluding steroid dienone is 1. The third kappa shape index (κ3) is 9.52. The van der Waals surface area contributed by atoms with Crippen molar-refractivity contribution in [3.63, 3.8) is 0 Å². The van der Waals surface area contributed by atoms with E-state index in [4.69, 9.17) is 4.52 Å². The van der Waals surface area contributed by atoms with Crippen LogP contribution in [0.1, 0.15) is 78.4 Å². The second kappa shape index (κ2) is 13.9. The number of aromatic nitrogens is 2. The second-order valence-electron chi connectivity index (χ2n) is 11.5. The summed E-state index contributed by atoms with van der Waals surface area (Å²) in [5.41, 5.74) is 2.75. The molecule has 0 aliphatic heterocycles. The molecule has 10 heteroatoms. The minimum Gasteiger partial charge on any atom is -0.339 e. The van der Waals surface area contributed by atoms with E-state index in [0.717, 1.165) is 36.1 Å². The van der Waals surface area contributed by atoms with E-state index >= 15 is 0 Å². The van der Waals surface area contributed by atoms with Crippen molar-refractivity contribution in [2.45, 2.75) is 83.8 Å². The predicted octanol–water partition coefficient (Wildman–Crippen LogP) is 7.19. The molecule has 0 aliphatic carbocycles. The number of carbonyl (C=O) groups excluding carboxylic acids is 1. The third-order valence-electron chi connectivity index (χ3n) is 6.56. The van der Waals surface area contributed by atoms with Crippen molar-refractivity contribution in [3.05, 3.63) is 72.7 Å². The van der Waals surface area contributed by atoms with Gasteiger partial charge in [-0.05, 0) is 62.1 Å². The molecule has 1 amide bonds. The number of anilines is 2. The summed E-state index contributed by atoms with van der Waals surface area (Å²) in [6, 6.07) is 14.7. The third-order valence-corrected chi connectivity index (χ3v) is 8.32. The topological polar surface area (TPSA) is 105 Å². The van der Waals surface area contributed by atoms with Crippen LogP contribution in [0.15, 0.2) is 65.5 Å². The highest BCUT2D eigenvalue weighted by atomic mass is 32.2. The molecule has 3 aromatic rings. The standard InChI is InChI=1S/C31H41FN4O4S/c1-22(2)41(38,39)35-26-17-15-24(16-18-26)25-11-10-12-27(21-25)36(29(37)19-14-23(3)32)20-9-7-8-13-28-33-30(40-34-28)31(4,5)6/h10-12,15-18,21-22,35H,3,7-9,13-14,19-20H2,1-2,4-6H3. The molecule has 0 bridgehead atoms. The fourth-order valence-electron chi connectivity index (χ4n) is 4.03. The Morgan fingerprint density at radius 2 is 1.76 bits per heavy atom. The van der Waals surface area contributed by atoms with E-state index in [2.05, 4.69) is 21.4 Å². The highest BCUT2D eigenvalue weighted by Gasteiger charge is 2.22. The molecule has 0 spiro atoms. The highest BCUT2D eigenvalue weighted by Crippen LogP contribution is 2.28. The lowest BCUT2D eigenvalue weighted by molar-refractivity contribution is -0.118. The lowest BCUT2D eigenvalue weighted by Crippen LogP contribution is -2.31. The molecule has 1 heterocycles. The van der Waals surface area contributed by atoms with Gasteiger partial charge in [0.25, 0.3) is 0 Å². The summed E-state index contributed by atoms with van der Waals surface area (Å²) in [4.78, 5) is 19.3. The number of nitrogens with zero attached hydrogens (tertiary/aromatic N) is 3. The van der Waals surface area contributed by atoms with Gasteiger partial charge >= 0.3 is 0 Å². The van der Waals surface area contributed by atoms with Gasteiger partial charge < -0.3 is 9.42 Å². The van der Waals surface area contributed by atoms with Gasteiger partial charge in [-0.15, -0.1) is 0 Å². The maximum absolute atomic E-state index is 13.4. The van der Waals surface area contributed by atoms with E-state index in [-0.39, 0.29) is 24.2 Å². The van der Waals surface area contributed by atoms with Gasteiger partial charge in [-0.2, -0.15) is 4.98 Å². The number of carbonyl (C=O) groups is 1. The Morgan fingerprint density at radius 1 is 1.05 bits per heavy atom. The van der Waals surface area contributed by atoms with Crippen molar-refractivity contribution in [3.8, 4) is 11.1 Å². The van der Waals surface area contributed by atoms with E-state index in [1.54, 1.807) is 30.9 Å². The number of rotatable bonds is 14. The SMILES string of the molecule is C=C(F)CCC(=O)N(CCCCCc1noc(C(C)(C)C)n1)c1cccc(-c2ccc(NS(=O)(=O)C(C)C)cc2)c1. The smallest absolute Gasteiger partial charge is 0.235 e. The summed E-state index contributed by atoms with van der Waals surface area (Å²) >= 11 is 0. The van der Waals surface area contributed by atoms with Crippen LogP contribution >= 0.6 is 0 Å². The van der Waals surface area contributed by atoms with Gasteiger partial charge in [0.15, 0.2) is 5.82 Å². The molecule has 41 heavy (non-hydrogen) atoms. The first-order valence-corrected chi connectivity index (χ1v) is 15.5. The molecule has 1 N–H and O–H groups in total. The highest BCUT2D eigenvalue weighted by molar-refractivity contribution is 7.93. The van der Waals surface area contributed by atoms with Crippen molar-refractivity contribution in [2.75, 3.05) is 16.2 Å². The van der Waals surface area contributed by atoms with Gasteiger partial charge in [0.1, 0.15) is 0 Å². The van der Waals surface area contributed by atoms with Gasteiger partial charge in [-0.25, -0.2) is 12.8 Å². The van der Waals surface area contributed by atoms with Crippen LogP contribution in [-0.4, -0.2) is 36.3 Å². The number of hydrogen-bond donors (Lipinski definition) is 1. The molecule has 0 unspecified atom stereocenters. The van der Waals surface area contributed by atoms with Crippen LogP contribution in [0.4, 0.5) is 15.8 Å². The monoisotopic (exact) mass is 584 g/mol. The molecule has 3 rings (SSSR count). The Morgan fingerprint density at radius 3 is 2.37 bits per heavy atom. The van der Waals surface area contributed by atoms with E-state index in [1.807, 2.05) is 57.2 Å². The quantitative estimate of drug-likeness (QED) is 0.201. The van der Waals surface area contributed by atoms with Gasteiger partial charge in [0.2, 0.25) is 21.8 Å². The summed E-state index contributed by atoms with van der Waals surface area (Å²) in [6.07, 6.45) is 3.15. The summed E-state index contributed by atoms with van der Waals surface area (Å²) in [6.45, 7) is 13.1. The molecular formula is C31H41FN4O4S. The molecule has 8 nitrogen and oxygen atoms in total. The molecular weight excluding hydrogens is 543 g/mol. The Labute approximate surface area is 243 Å². The summed E-state index contributed by atoms with van der Waals surface area (Å²) in [5.74, 6) is 0.604. The molecule has 0 radical (unpaired) electrons. The first-order valence-electron chi connectivity index (χ1n) is 13.9. The number of aryl methyl sites for hydroxylation is 1. The summed E-state index contributed by atoms with van der Waals surface area (Å²) in [5, 5.41) is 3.53. The van der Waals surface area contributed by atoms with Crippen LogP contribution in [0.5, 0.6) is 0 Å². The van der Waals surface area contributed by atoms with Crippen molar-refractivity contribution in [2.24, 2.45) is 0 Å². The Balaban J connectivity index is 1.69. The normalized spacial score (nSPS) is 12.0. The van der Waals surface area contributed by atoms with Gasteiger partial charge in [0.05, 0.1) is 11.1 Å². The second-order valence-corrected chi connectivity index (χ2v) is 13.7. The zero-order chi connectivity index (χ0) is 30.2. The fraction of sp³-hybridized carbons (Fsp3) is 0.452. The van der Waals surface area contributed by atoms with Crippen molar-refractivity contribution in [1.29, 1.82) is 0 Å². The van der Waals surface area contributed by atoms with Crippen LogP contribution in [-0.2, 0) is 26.7 Å². The average Bonchev–Trinajstić information content (AvgIpc) is 3.39. The maximum atomic E-state index is 13.4. The number of hydrogen-bond acceptors (Lipinski definition) is 6. The van der Waals surface area contributed by atoms with E-state index in [9.17, 15) is 17.6 Å². The first kappa shape index (κ1) is 32.0. The molecule has 2 aromatic carbocycles. The van der Waals surface area contributed by atoms with Gasteiger partial charge in [0, 0.05) is 42.6 Å². The molecule has 0 atom stereocenters. The van der Waals surface area contributed by atoms with E-state index in [0.29, 0.717) is 30.4 Å². The Kier molecular flexibility index (Phi) is 10.8. The number of benzene rings is 2. The summed E-state index contributed by atoms with van der Waals surface area (Å²) < 4.78 is 45.7. The zero-order valence-electron chi connectivity index (χ0n) is 24.6. The molecule has 0 saturated carbocycles. The van der Waals surface area contributed by atoms with Crippen molar-refractivity contribution in [1.82, 2.24) is 10.1 Å². The van der Waals surface area contributed by atoms with Gasteiger partial charge in [-0.1, -0.05) is 63.2 Å². The minimum absolute atomic E-state index is 0.0172. The van der Waals surface area contributed by atoms with Crippen LogP contribution in [0.2, 0.25) is 0 Å². The molecule has 1 aromatic heterocycles. The number of amides is 1. The minimum atomic E-state index is -3.44. The molecule has 0 aliphatic rings.